The summed E-state index contributed by atoms with van der Waals surface area (Å²) in [5.74, 6) is -0.797. The molecule has 1 rings (SSSR count). The molecule has 8 heteroatoms. The lowest BCUT2D eigenvalue weighted by atomic mass is 10.7. The van der Waals surface area contributed by atoms with Crippen molar-refractivity contribution in [3.05, 3.63) is 11.6 Å². The summed E-state index contributed by atoms with van der Waals surface area (Å²) < 4.78 is 28.4. The monoisotopic (exact) mass is 223 g/mol. The van der Waals surface area contributed by atoms with E-state index >= 15 is 0 Å². The summed E-state index contributed by atoms with van der Waals surface area (Å²) in [6, 6.07) is 0. The molecule has 0 fully saturated rings. The van der Waals surface area contributed by atoms with E-state index in [0.717, 1.165) is 11.3 Å². The van der Waals surface area contributed by atoms with Crippen molar-refractivity contribution in [2.24, 2.45) is 0 Å². The third-order valence-electron chi connectivity index (χ3n) is 0.899. The van der Waals surface area contributed by atoms with Gasteiger partial charge in [-0.3, -0.25) is 4.18 Å². The van der Waals surface area contributed by atoms with E-state index < -0.39 is 23.6 Å². The predicted octanol–water partition coefficient (Wildman–Crippen LogP) is -0.408. The summed E-state index contributed by atoms with van der Waals surface area (Å²) >= 11 is 1.12. The molecule has 0 bridgehead atoms. The van der Waals surface area contributed by atoms with Crippen LogP contribution in [0.5, 0.6) is 5.19 Å². The molecular formula is C5H5NO5S2. The minimum absolute atomic E-state index is 0.162. The smallest absolute Gasteiger partial charge is 0.340 e. The number of hydrogen-bond donors (Lipinski definition) is 1. The van der Waals surface area contributed by atoms with Gasteiger partial charge in [-0.05, 0) is 0 Å². The fraction of sp³-hybridized carbons (Fsp3) is 0.200. The van der Waals surface area contributed by atoms with Gasteiger partial charge in [0.2, 0.25) is 0 Å². The molecule has 0 unspecified atom stereocenters. The quantitative estimate of drug-likeness (QED) is 0.552. The number of ether oxygens (including phenoxy) is 1. The lowest BCUT2D eigenvalue weighted by Gasteiger charge is -1.96. The van der Waals surface area contributed by atoms with Crippen molar-refractivity contribution in [2.75, 3.05) is 6.61 Å². The van der Waals surface area contributed by atoms with E-state index in [9.17, 15) is 13.2 Å². The number of hydrogen-bond acceptors (Lipinski definition) is 7. The summed E-state index contributed by atoms with van der Waals surface area (Å²) in [6.07, 6.45) is 1.46. The first-order chi connectivity index (χ1) is 6.18. The Hall–Kier alpha value is -0.990. The Balaban J connectivity index is 2.34. The van der Waals surface area contributed by atoms with E-state index in [0.29, 0.717) is 0 Å². The molecule has 1 heterocycles. The van der Waals surface area contributed by atoms with Crippen LogP contribution in [0.25, 0.3) is 0 Å². The summed E-state index contributed by atoms with van der Waals surface area (Å²) in [7, 11) is -3.01. The number of aromatic nitrogens is 1. The van der Waals surface area contributed by atoms with E-state index in [1.807, 2.05) is 0 Å². The molecular weight excluding hydrogens is 218 g/mol. The summed E-state index contributed by atoms with van der Waals surface area (Å²) in [5, 5.41) is 1.78. The zero-order valence-corrected chi connectivity index (χ0v) is 7.92. The maximum atomic E-state index is 10.8. The van der Waals surface area contributed by atoms with Crippen LogP contribution >= 0.6 is 11.3 Å². The van der Waals surface area contributed by atoms with E-state index in [2.05, 4.69) is 13.9 Å². The standard InChI is InChI=1S/C5H5NO5S2/c7-4(3-10-13(8)9)11-5-6-1-2-12-5/h1-2,13H,3H2. The van der Waals surface area contributed by atoms with Crippen LogP contribution in [0.2, 0.25) is 0 Å². The summed E-state index contributed by atoms with van der Waals surface area (Å²) in [4.78, 5) is 14.4. The molecule has 0 aliphatic carbocycles. The predicted molar refractivity (Wildman–Crippen MR) is 44.0 cm³/mol. The average Bonchev–Trinajstić information content (AvgIpc) is 2.53. The van der Waals surface area contributed by atoms with Gasteiger partial charge < -0.3 is 4.74 Å². The first kappa shape index (κ1) is 10.1. The third-order valence-corrected chi connectivity index (χ3v) is 1.89. The molecule has 0 aliphatic rings. The number of rotatable bonds is 4. The molecule has 0 saturated carbocycles. The van der Waals surface area contributed by atoms with Gasteiger partial charge in [0.05, 0.1) is 0 Å². The van der Waals surface area contributed by atoms with Gasteiger partial charge in [0.25, 0.3) is 16.2 Å². The molecule has 6 nitrogen and oxygen atoms in total. The van der Waals surface area contributed by atoms with Gasteiger partial charge in [0, 0.05) is 11.6 Å². The van der Waals surface area contributed by atoms with Gasteiger partial charge in [-0.15, -0.1) is 0 Å². The van der Waals surface area contributed by atoms with Gasteiger partial charge >= 0.3 is 5.97 Å². The molecule has 0 amide bonds. The second kappa shape index (κ2) is 4.90. The number of carbonyl (C=O) groups excluding carboxylic acids is 1. The van der Waals surface area contributed by atoms with Crippen molar-refractivity contribution >= 4 is 28.3 Å². The van der Waals surface area contributed by atoms with Crippen LogP contribution in [0.15, 0.2) is 11.6 Å². The van der Waals surface area contributed by atoms with Gasteiger partial charge in [0.15, 0.2) is 6.61 Å². The zero-order chi connectivity index (χ0) is 9.68. The summed E-state index contributed by atoms with van der Waals surface area (Å²) in [6.45, 7) is -0.627. The Kier molecular flexibility index (Phi) is 3.80. The Bertz CT molecular complexity index is 336. The van der Waals surface area contributed by atoms with E-state index in [-0.39, 0.29) is 5.19 Å². The number of nitrogens with zero attached hydrogens (tertiary/aromatic N) is 1. The Morgan fingerprint density at radius 2 is 2.38 bits per heavy atom. The zero-order valence-electron chi connectivity index (χ0n) is 6.21. The molecule has 0 radical (unpaired) electrons. The lowest BCUT2D eigenvalue weighted by Crippen LogP contribution is -2.14. The van der Waals surface area contributed by atoms with Gasteiger partial charge in [-0.2, -0.15) is 0 Å². The average molecular weight is 223 g/mol. The molecule has 0 atom stereocenters. The topological polar surface area (TPSA) is 82.6 Å². The maximum Gasteiger partial charge on any atom is 0.340 e. The number of thiazole rings is 1. The molecule has 1 aromatic heterocycles. The molecule has 1 aromatic rings. The molecule has 0 N–H and O–H groups in total. The van der Waals surface area contributed by atoms with Crippen LogP contribution in [0.4, 0.5) is 0 Å². The fourth-order valence-corrected chi connectivity index (χ4v) is 1.20. The Morgan fingerprint density at radius 3 is 2.92 bits per heavy atom. The minimum Gasteiger partial charge on any atom is -0.396 e. The second-order valence-electron chi connectivity index (χ2n) is 1.77. The highest BCUT2D eigenvalue weighted by molar-refractivity contribution is 7.67. The van der Waals surface area contributed by atoms with E-state index in [4.69, 9.17) is 0 Å². The first-order valence-electron chi connectivity index (χ1n) is 3.06. The molecule has 0 aliphatic heterocycles. The molecule has 0 aromatic carbocycles. The van der Waals surface area contributed by atoms with Crippen LogP contribution in [0.1, 0.15) is 0 Å². The normalized spacial score (nSPS) is 10.2. The SMILES string of the molecule is O=C(CO[SH](=O)=O)Oc1nccs1. The fourth-order valence-electron chi connectivity index (χ4n) is 0.493. The number of thiol groups is 1. The second-order valence-corrected chi connectivity index (χ2v) is 3.33. The van der Waals surface area contributed by atoms with Crippen molar-refractivity contribution in [1.29, 1.82) is 0 Å². The maximum absolute atomic E-state index is 10.8. The first-order valence-corrected chi connectivity index (χ1v) is 5.03. The van der Waals surface area contributed by atoms with Gasteiger partial charge in [-0.1, -0.05) is 11.3 Å². The van der Waals surface area contributed by atoms with Gasteiger partial charge in [-0.25, -0.2) is 18.2 Å². The Morgan fingerprint density at radius 1 is 1.62 bits per heavy atom. The minimum atomic E-state index is -3.01. The van der Waals surface area contributed by atoms with Crippen molar-refractivity contribution < 1.29 is 22.1 Å². The van der Waals surface area contributed by atoms with E-state index in [1.165, 1.54) is 6.20 Å². The van der Waals surface area contributed by atoms with Gasteiger partial charge in [0.1, 0.15) is 0 Å². The summed E-state index contributed by atoms with van der Waals surface area (Å²) in [5.41, 5.74) is 0. The molecule has 13 heavy (non-hydrogen) atoms. The lowest BCUT2D eigenvalue weighted by molar-refractivity contribution is -0.136. The van der Waals surface area contributed by atoms with Crippen LogP contribution in [-0.2, 0) is 20.0 Å². The number of carbonyl (C=O) groups is 1. The van der Waals surface area contributed by atoms with Crippen molar-refractivity contribution in [3.8, 4) is 5.19 Å². The number of esters is 1. The highest BCUT2D eigenvalue weighted by atomic mass is 32.2. The Labute approximate surface area is 79.3 Å². The largest absolute Gasteiger partial charge is 0.396 e. The highest BCUT2D eigenvalue weighted by Crippen LogP contribution is 2.13. The molecule has 0 spiro atoms. The van der Waals surface area contributed by atoms with Crippen LogP contribution in [0.3, 0.4) is 0 Å². The molecule has 72 valence electrons. The van der Waals surface area contributed by atoms with Crippen LogP contribution in [0, 0.1) is 0 Å². The van der Waals surface area contributed by atoms with E-state index in [1.54, 1.807) is 5.38 Å². The van der Waals surface area contributed by atoms with Crippen molar-refractivity contribution in [1.82, 2.24) is 4.98 Å². The molecule has 0 saturated heterocycles. The van der Waals surface area contributed by atoms with Crippen LogP contribution < -0.4 is 4.74 Å². The van der Waals surface area contributed by atoms with Crippen LogP contribution in [-0.4, -0.2) is 26.0 Å². The van der Waals surface area contributed by atoms with Crippen molar-refractivity contribution in [2.45, 2.75) is 0 Å². The third kappa shape index (κ3) is 3.97. The van der Waals surface area contributed by atoms with Crippen molar-refractivity contribution in [3.63, 3.8) is 0 Å². The highest BCUT2D eigenvalue weighted by Gasteiger charge is 2.06.